The van der Waals surface area contributed by atoms with Gasteiger partial charge in [0.2, 0.25) is 0 Å². The van der Waals surface area contributed by atoms with Gasteiger partial charge in [-0.05, 0) is 24.3 Å². The predicted octanol–water partition coefficient (Wildman–Crippen LogP) is 2.86. The fourth-order valence-corrected chi connectivity index (χ4v) is 1.99. The van der Waals surface area contributed by atoms with Crippen molar-refractivity contribution in [3.63, 3.8) is 0 Å². The molecule has 2 aromatic rings. The molecule has 0 heterocycles. The molecule has 0 saturated heterocycles. The average molecular weight is 311 g/mol. The molecule has 2 aromatic carbocycles. The minimum atomic E-state index is -0.0330. The van der Waals surface area contributed by atoms with E-state index in [4.69, 9.17) is 4.74 Å². The van der Waals surface area contributed by atoms with Gasteiger partial charge in [-0.1, -0.05) is 44.2 Å². The lowest BCUT2D eigenvalue weighted by molar-refractivity contribution is -0.120. The van der Waals surface area contributed by atoms with Gasteiger partial charge in [-0.25, -0.2) is 0 Å². The monoisotopic (exact) mass is 311 g/mol. The molecule has 0 radical (unpaired) electrons. The van der Waals surface area contributed by atoms with E-state index in [9.17, 15) is 9.59 Å². The number of hydrogen-bond acceptors (Lipinski definition) is 4. The molecule has 4 nitrogen and oxygen atoms in total. The lowest BCUT2D eigenvalue weighted by atomic mass is 10.0. The summed E-state index contributed by atoms with van der Waals surface area (Å²) in [5.74, 6) is 0.532. The van der Waals surface area contributed by atoms with E-state index in [0.29, 0.717) is 23.4 Å². The van der Waals surface area contributed by atoms with Crippen LogP contribution in [-0.4, -0.2) is 30.8 Å². The molecule has 2 rings (SSSR count). The van der Waals surface area contributed by atoms with Gasteiger partial charge < -0.3 is 10.1 Å². The Hall–Kier alpha value is -2.46. The maximum absolute atomic E-state index is 12.3. The van der Waals surface area contributed by atoms with E-state index in [0.717, 1.165) is 0 Å². The van der Waals surface area contributed by atoms with Gasteiger partial charge in [0.25, 0.3) is 0 Å². The van der Waals surface area contributed by atoms with Crippen molar-refractivity contribution >= 4 is 11.6 Å². The second kappa shape index (κ2) is 8.25. The number of benzene rings is 2. The molecule has 0 bridgehead atoms. The van der Waals surface area contributed by atoms with Crippen LogP contribution in [0.5, 0.6) is 5.75 Å². The van der Waals surface area contributed by atoms with Crippen molar-refractivity contribution < 1.29 is 14.3 Å². The average Bonchev–Trinajstić information content (AvgIpc) is 2.58. The van der Waals surface area contributed by atoms with Crippen molar-refractivity contribution in [3.8, 4) is 5.75 Å². The summed E-state index contributed by atoms with van der Waals surface area (Å²) in [6.45, 7) is 4.28. The van der Waals surface area contributed by atoms with Gasteiger partial charge >= 0.3 is 0 Å². The van der Waals surface area contributed by atoms with Crippen LogP contribution in [0.4, 0.5) is 0 Å². The Kier molecular flexibility index (Phi) is 6.06. The first-order chi connectivity index (χ1) is 11.1. The summed E-state index contributed by atoms with van der Waals surface area (Å²) in [5, 5.41) is 3.05. The maximum Gasteiger partial charge on any atom is 0.193 e. The summed E-state index contributed by atoms with van der Waals surface area (Å²) in [6.07, 6.45) is 0. The van der Waals surface area contributed by atoms with Crippen LogP contribution >= 0.6 is 0 Å². The molecule has 0 amide bonds. The van der Waals surface area contributed by atoms with Crippen LogP contribution in [0.25, 0.3) is 0 Å². The van der Waals surface area contributed by atoms with Gasteiger partial charge in [-0.3, -0.25) is 9.59 Å². The third kappa shape index (κ3) is 5.34. The standard InChI is InChI=1S/C19H21NO3/c1-14(2)20-12-17(21)13-23-18-10-8-16(9-11-18)19(22)15-6-4-3-5-7-15/h3-11,14,20H,12-13H2,1-2H3. The zero-order valence-corrected chi connectivity index (χ0v) is 13.4. The van der Waals surface area contributed by atoms with E-state index in [1.54, 1.807) is 36.4 Å². The lowest BCUT2D eigenvalue weighted by Gasteiger charge is -2.09. The van der Waals surface area contributed by atoms with Crippen molar-refractivity contribution in [2.24, 2.45) is 0 Å². The molecular formula is C19H21NO3. The van der Waals surface area contributed by atoms with E-state index in [1.807, 2.05) is 32.0 Å². The second-order valence-corrected chi connectivity index (χ2v) is 5.58. The van der Waals surface area contributed by atoms with Crippen LogP contribution in [-0.2, 0) is 4.79 Å². The van der Waals surface area contributed by atoms with Crippen LogP contribution in [0, 0.1) is 0 Å². The van der Waals surface area contributed by atoms with Gasteiger partial charge in [-0.2, -0.15) is 0 Å². The van der Waals surface area contributed by atoms with Crippen molar-refractivity contribution in [2.75, 3.05) is 13.2 Å². The first kappa shape index (κ1) is 16.9. The van der Waals surface area contributed by atoms with Gasteiger partial charge in [-0.15, -0.1) is 0 Å². The quantitative estimate of drug-likeness (QED) is 0.762. The predicted molar refractivity (Wildman–Crippen MR) is 90.0 cm³/mol. The molecule has 120 valence electrons. The molecule has 0 aromatic heterocycles. The summed E-state index contributed by atoms with van der Waals surface area (Å²) in [6, 6.07) is 16.2. The smallest absolute Gasteiger partial charge is 0.193 e. The Morgan fingerprint density at radius 3 is 2.17 bits per heavy atom. The fourth-order valence-electron chi connectivity index (χ4n) is 1.99. The molecule has 0 aliphatic carbocycles. The van der Waals surface area contributed by atoms with Crippen LogP contribution in [0.15, 0.2) is 54.6 Å². The van der Waals surface area contributed by atoms with E-state index >= 15 is 0 Å². The fraction of sp³-hybridized carbons (Fsp3) is 0.263. The molecule has 0 aliphatic rings. The van der Waals surface area contributed by atoms with Crippen molar-refractivity contribution in [2.45, 2.75) is 19.9 Å². The highest BCUT2D eigenvalue weighted by Crippen LogP contribution is 2.15. The Morgan fingerprint density at radius 1 is 0.957 bits per heavy atom. The van der Waals surface area contributed by atoms with Crippen LogP contribution in [0.3, 0.4) is 0 Å². The van der Waals surface area contributed by atoms with E-state index in [2.05, 4.69) is 5.32 Å². The van der Waals surface area contributed by atoms with Gasteiger partial charge in [0, 0.05) is 17.2 Å². The summed E-state index contributed by atoms with van der Waals surface area (Å²) in [7, 11) is 0. The third-order valence-corrected chi connectivity index (χ3v) is 3.26. The number of ether oxygens (including phenoxy) is 1. The second-order valence-electron chi connectivity index (χ2n) is 5.58. The minimum absolute atomic E-state index is 0.0110. The number of carbonyl (C=O) groups excluding carboxylic acids is 2. The Bertz CT molecular complexity index is 648. The Balaban J connectivity index is 1.90. The first-order valence-electron chi connectivity index (χ1n) is 7.64. The lowest BCUT2D eigenvalue weighted by Crippen LogP contribution is -2.31. The number of carbonyl (C=O) groups is 2. The minimum Gasteiger partial charge on any atom is -0.486 e. The molecule has 0 fully saturated rings. The summed E-state index contributed by atoms with van der Waals surface area (Å²) in [5.41, 5.74) is 1.24. The summed E-state index contributed by atoms with van der Waals surface area (Å²) in [4.78, 5) is 23.9. The Morgan fingerprint density at radius 2 is 1.57 bits per heavy atom. The highest BCUT2D eigenvalue weighted by Gasteiger charge is 2.09. The SMILES string of the molecule is CC(C)NCC(=O)COc1ccc(C(=O)c2ccccc2)cc1. The zero-order valence-electron chi connectivity index (χ0n) is 13.4. The first-order valence-corrected chi connectivity index (χ1v) is 7.64. The molecule has 0 atom stereocenters. The van der Waals surface area contributed by atoms with Gasteiger partial charge in [0.05, 0.1) is 6.54 Å². The molecule has 23 heavy (non-hydrogen) atoms. The molecule has 0 unspecified atom stereocenters. The van der Waals surface area contributed by atoms with Crippen molar-refractivity contribution in [3.05, 3.63) is 65.7 Å². The highest BCUT2D eigenvalue weighted by molar-refractivity contribution is 6.08. The molecule has 0 saturated carbocycles. The van der Waals surface area contributed by atoms with E-state index in [1.165, 1.54) is 0 Å². The van der Waals surface area contributed by atoms with Crippen molar-refractivity contribution in [1.29, 1.82) is 0 Å². The Labute approximate surface area is 136 Å². The number of ketones is 2. The zero-order chi connectivity index (χ0) is 16.7. The van der Waals surface area contributed by atoms with Gasteiger partial charge in [0.1, 0.15) is 12.4 Å². The van der Waals surface area contributed by atoms with Gasteiger partial charge in [0.15, 0.2) is 11.6 Å². The largest absolute Gasteiger partial charge is 0.486 e. The van der Waals surface area contributed by atoms with E-state index < -0.39 is 0 Å². The number of hydrogen-bond donors (Lipinski definition) is 1. The third-order valence-electron chi connectivity index (χ3n) is 3.26. The van der Waals surface area contributed by atoms with E-state index in [-0.39, 0.29) is 24.2 Å². The van der Waals surface area contributed by atoms with Crippen LogP contribution in [0.2, 0.25) is 0 Å². The maximum atomic E-state index is 12.3. The molecule has 0 aliphatic heterocycles. The topological polar surface area (TPSA) is 55.4 Å². The van der Waals surface area contributed by atoms with Crippen LogP contribution in [0.1, 0.15) is 29.8 Å². The van der Waals surface area contributed by atoms with Crippen LogP contribution < -0.4 is 10.1 Å². The number of rotatable bonds is 8. The van der Waals surface area contributed by atoms with Crippen molar-refractivity contribution in [1.82, 2.24) is 5.32 Å². The normalized spacial score (nSPS) is 10.6. The molecule has 0 spiro atoms. The highest BCUT2D eigenvalue weighted by atomic mass is 16.5. The number of nitrogens with one attached hydrogen (secondary N) is 1. The molecular weight excluding hydrogens is 290 g/mol. The summed E-state index contributed by atoms with van der Waals surface area (Å²) >= 11 is 0. The summed E-state index contributed by atoms with van der Waals surface area (Å²) < 4.78 is 5.44. The molecule has 1 N–H and O–H groups in total. The number of Topliss-reactive ketones (excluding diaryl/α,β-unsaturated/α-hetero) is 1. The molecule has 4 heteroatoms.